The zero-order chi connectivity index (χ0) is 16.1. The molecule has 0 saturated heterocycles. The van der Waals surface area contributed by atoms with Gasteiger partial charge >= 0.3 is 0 Å². The molecule has 5 heteroatoms. The van der Waals surface area contributed by atoms with Gasteiger partial charge in [0, 0.05) is 24.4 Å². The van der Waals surface area contributed by atoms with Crippen molar-refractivity contribution in [2.45, 2.75) is 27.3 Å². The van der Waals surface area contributed by atoms with Crippen molar-refractivity contribution in [3.8, 4) is 0 Å². The molecule has 1 heterocycles. The Hall–Kier alpha value is -2.69. The summed E-state index contributed by atoms with van der Waals surface area (Å²) < 4.78 is 0. The number of hydrogen-bond donors (Lipinski definition) is 2. The number of aryl methyl sites for hydroxylation is 2. The standard InChI is InChI=1S/C17H19N3O2/c1-11-6-12(2)8-15(7-11)20-17(22)14-4-5-18-16(9-14)10-19-13(3)21/h4-9H,10H2,1-3H3,(H,19,21)(H,20,22). The lowest BCUT2D eigenvalue weighted by atomic mass is 10.1. The van der Waals surface area contributed by atoms with E-state index in [1.165, 1.54) is 6.92 Å². The Morgan fingerprint density at radius 2 is 1.77 bits per heavy atom. The minimum Gasteiger partial charge on any atom is -0.351 e. The quantitative estimate of drug-likeness (QED) is 0.911. The number of carbonyl (C=O) groups excluding carboxylic acids is 2. The van der Waals surface area contributed by atoms with E-state index in [1.54, 1.807) is 18.3 Å². The molecular weight excluding hydrogens is 278 g/mol. The third kappa shape index (κ3) is 4.41. The second-order valence-corrected chi connectivity index (χ2v) is 5.28. The van der Waals surface area contributed by atoms with Crippen LogP contribution in [0, 0.1) is 13.8 Å². The summed E-state index contributed by atoms with van der Waals surface area (Å²) in [7, 11) is 0. The van der Waals surface area contributed by atoms with Gasteiger partial charge in [0.05, 0.1) is 12.2 Å². The van der Waals surface area contributed by atoms with Crippen LogP contribution in [0.5, 0.6) is 0 Å². The van der Waals surface area contributed by atoms with Crippen LogP contribution < -0.4 is 10.6 Å². The van der Waals surface area contributed by atoms with Gasteiger partial charge in [-0.1, -0.05) is 6.07 Å². The molecule has 0 bridgehead atoms. The predicted molar refractivity (Wildman–Crippen MR) is 85.6 cm³/mol. The van der Waals surface area contributed by atoms with Gasteiger partial charge in [-0.05, 0) is 49.2 Å². The highest BCUT2D eigenvalue weighted by Gasteiger charge is 2.08. The van der Waals surface area contributed by atoms with Crippen LogP contribution in [0.25, 0.3) is 0 Å². The fourth-order valence-electron chi connectivity index (χ4n) is 2.18. The molecule has 5 nitrogen and oxygen atoms in total. The van der Waals surface area contributed by atoms with Gasteiger partial charge in [-0.25, -0.2) is 0 Å². The first-order valence-corrected chi connectivity index (χ1v) is 7.03. The maximum Gasteiger partial charge on any atom is 0.255 e. The molecule has 0 saturated carbocycles. The maximum absolute atomic E-state index is 12.3. The number of aromatic nitrogens is 1. The van der Waals surface area contributed by atoms with Crippen molar-refractivity contribution in [3.63, 3.8) is 0 Å². The number of rotatable bonds is 4. The first-order chi connectivity index (χ1) is 10.4. The summed E-state index contributed by atoms with van der Waals surface area (Å²) in [6.07, 6.45) is 1.56. The Bertz CT molecular complexity index is 691. The highest BCUT2D eigenvalue weighted by atomic mass is 16.2. The molecule has 0 aliphatic carbocycles. The van der Waals surface area contributed by atoms with E-state index in [4.69, 9.17) is 0 Å². The van der Waals surface area contributed by atoms with Gasteiger partial charge in [-0.3, -0.25) is 14.6 Å². The number of nitrogens with zero attached hydrogens (tertiary/aromatic N) is 1. The van der Waals surface area contributed by atoms with E-state index in [2.05, 4.69) is 15.6 Å². The van der Waals surface area contributed by atoms with E-state index in [-0.39, 0.29) is 11.8 Å². The molecule has 0 unspecified atom stereocenters. The fourth-order valence-corrected chi connectivity index (χ4v) is 2.18. The highest BCUT2D eigenvalue weighted by Crippen LogP contribution is 2.15. The van der Waals surface area contributed by atoms with Crippen LogP contribution >= 0.6 is 0 Å². The average molecular weight is 297 g/mol. The van der Waals surface area contributed by atoms with Crippen LogP contribution in [0.4, 0.5) is 5.69 Å². The summed E-state index contributed by atoms with van der Waals surface area (Å²) in [5.41, 5.74) is 4.10. The minimum atomic E-state index is -0.198. The predicted octanol–water partition coefficient (Wildman–Crippen LogP) is 2.59. The Kier molecular flexibility index (Phi) is 4.88. The zero-order valence-corrected chi connectivity index (χ0v) is 12.9. The van der Waals surface area contributed by atoms with Crippen LogP contribution in [0.15, 0.2) is 36.5 Å². The van der Waals surface area contributed by atoms with Gasteiger partial charge in [0.25, 0.3) is 5.91 Å². The monoisotopic (exact) mass is 297 g/mol. The molecule has 2 rings (SSSR count). The number of hydrogen-bond acceptors (Lipinski definition) is 3. The van der Waals surface area contributed by atoms with Gasteiger partial charge in [-0.2, -0.15) is 0 Å². The summed E-state index contributed by atoms with van der Waals surface area (Å²) in [5, 5.41) is 5.54. The number of benzene rings is 1. The summed E-state index contributed by atoms with van der Waals surface area (Å²) in [6.45, 7) is 5.72. The molecule has 0 fully saturated rings. The second kappa shape index (κ2) is 6.85. The number of pyridine rings is 1. The SMILES string of the molecule is CC(=O)NCc1cc(C(=O)Nc2cc(C)cc(C)c2)ccn1. The second-order valence-electron chi connectivity index (χ2n) is 5.28. The summed E-state index contributed by atoms with van der Waals surface area (Å²) in [6, 6.07) is 9.21. The molecule has 22 heavy (non-hydrogen) atoms. The van der Waals surface area contributed by atoms with Crippen molar-refractivity contribution in [1.82, 2.24) is 10.3 Å². The molecule has 2 N–H and O–H groups in total. The van der Waals surface area contributed by atoms with Crippen LogP contribution in [0.3, 0.4) is 0 Å². The third-order valence-electron chi connectivity index (χ3n) is 3.08. The first kappa shape index (κ1) is 15.7. The fraction of sp³-hybridized carbons (Fsp3) is 0.235. The van der Waals surface area contributed by atoms with Crippen molar-refractivity contribution in [2.75, 3.05) is 5.32 Å². The molecular formula is C17H19N3O2. The summed E-state index contributed by atoms with van der Waals surface area (Å²) >= 11 is 0. The largest absolute Gasteiger partial charge is 0.351 e. The Balaban J connectivity index is 2.12. The molecule has 1 aromatic carbocycles. The zero-order valence-electron chi connectivity index (χ0n) is 12.9. The van der Waals surface area contributed by atoms with Crippen molar-refractivity contribution >= 4 is 17.5 Å². The minimum absolute atomic E-state index is 0.133. The smallest absolute Gasteiger partial charge is 0.255 e. The maximum atomic E-state index is 12.3. The lowest BCUT2D eigenvalue weighted by Gasteiger charge is -2.08. The molecule has 2 amide bonds. The van der Waals surface area contributed by atoms with Crippen molar-refractivity contribution in [2.24, 2.45) is 0 Å². The summed E-state index contributed by atoms with van der Waals surface area (Å²) in [4.78, 5) is 27.4. The number of amides is 2. The number of anilines is 1. The number of carbonyl (C=O) groups is 2. The van der Waals surface area contributed by atoms with Gasteiger partial charge in [0.1, 0.15) is 0 Å². The van der Waals surface area contributed by atoms with E-state index >= 15 is 0 Å². The Morgan fingerprint density at radius 3 is 2.41 bits per heavy atom. The van der Waals surface area contributed by atoms with Crippen LogP contribution in [-0.2, 0) is 11.3 Å². The van der Waals surface area contributed by atoms with Gasteiger partial charge in [-0.15, -0.1) is 0 Å². The molecule has 0 aliphatic heterocycles. The third-order valence-corrected chi connectivity index (χ3v) is 3.08. The van der Waals surface area contributed by atoms with Crippen LogP contribution in [0.2, 0.25) is 0 Å². The molecule has 1 aromatic heterocycles. The van der Waals surface area contributed by atoms with Crippen molar-refractivity contribution in [3.05, 3.63) is 58.9 Å². The van der Waals surface area contributed by atoms with Crippen LogP contribution in [-0.4, -0.2) is 16.8 Å². The average Bonchev–Trinajstić information content (AvgIpc) is 2.44. The topological polar surface area (TPSA) is 71.1 Å². The van der Waals surface area contributed by atoms with Crippen molar-refractivity contribution < 1.29 is 9.59 Å². The van der Waals surface area contributed by atoms with E-state index in [0.29, 0.717) is 17.8 Å². The first-order valence-electron chi connectivity index (χ1n) is 7.03. The molecule has 114 valence electrons. The lowest BCUT2D eigenvalue weighted by molar-refractivity contribution is -0.119. The lowest BCUT2D eigenvalue weighted by Crippen LogP contribution is -2.20. The van der Waals surface area contributed by atoms with E-state index in [9.17, 15) is 9.59 Å². The van der Waals surface area contributed by atoms with Gasteiger partial charge in [0.2, 0.25) is 5.91 Å². The Morgan fingerprint density at radius 1 is 1.09 bits per heavy atom. The molecule has 0 radical (unpaired) electrons. The highest BCUT2D eigenvalue weighted by molar-refractivity contribution is 6.04. The molecule has 0 atom stereocenters. The van der Waals surface area contributed by atoms with E-state index in [1.807, 2.05) is 32.0 Å². The van der Waals surface area contributed by atoms with Crippen LogP contribution in [0.1, 0.15) is 34.1 Å². The molecule has 2 aromatic rings. The van der Waals surface area contributed by atoms with E-state index in [0.717, 1.165) is 16.8 Å². The number of nitrogens with one attached hydrogen (secondary N) is 2. The Labute approximate surface area is 129 Å². The normalized spacial score (nSPS) is 10.1. The van der Waals surface area contributed by atoms with Crippen molar-refractivity contribution in [1.29, 1.82) is 0 Å². The molecule has 0 aliphatic rings. The van der Waals surface area contributed by atoms with E-state index < -0.39 is 0 Å². The van der Waals surface area contributed by atoms with Gasteiger partial charge in [0.15, 0.2) is 0 Å². The van der Waals surface area contributed by atoms with Gasteiger partial charge < -0.3 is 10.6 Å². The summed E-state index contributed by atoms with van der Waals surface area (Å²) in [5.74, 6) is -0.330. The molecule has 0 spiro atoms.